The van der Waals surface area contributed by atoms with E-state index in [9.17, 15) is 19.5 Å². The van der Waals surface area contributed by atoms with Crippen LogP contribution in [-0.2, 0) is 19.1 Å². The lowest BCUT2D eigenvalue weighted by atomic mass is 9.98. The van der Waals surface area contributed by atoms with Gasteiger partial charge in [0.25, 0.3) is 0 Å². The molecule has 2 atom stereocenters. The molecule has 1 heterocycles. The fourth-order valence-electron chi connectivity index (χ4n) is 4.37. The SMILES string of the molecule is C#CCC(NC(=O)OCC1c2ccccc2-c2ccccc21)C(=O)N1CCOCC1C(=O)O. The standard InChI is InChI=1S/C25H24N2O6/c1-2-7-21(23(28)27-12-13-32-15-22(27)24(29)30)26-25(31)33-14-20-18-10-5-3-8-16(18)17-9-4-6-11-19(17)20/h1,3-6,8-11,20-22H,7,12-15H2,(H,26,31)(H,29,30). The minimum Gasteiger partial charge on any atom is -0.480 e. The van der Waals surface area contributed by atoms with Crippen molar-refractivity contribution in [3.05, 3.63) is 59.7 Å². The summed E-state index contributed by atoms with van der Waals surface area (Å²) in [6.45, 7) is 0.285. The number of nitrogens with zero attached hydrogens (tertiary/aromatic N) is 1. The maximum Gasteiger partial charge on any atom is 0.407 e. The third kappa shape index (κ3) is 4.54. The lowest BCUT2D eigenvalue weighted by Gasteiger charge is -2.35. The molecule has 2 aromatic rings. The molecule has 2 aliphatic rings. The van der Waals surface area contributed by atoms with Crippen LogP contribution in [0.1, 0.15) is 23.5 Å². The van der Waals surface area contributed by atoms with Crippen LogP contribution in [0.4, 0.5) is 4.79 Å². The number of rotatable bonds is 6. The van der Waals surface area contributed by atoms with Crippen molar-refractivity contribution >= 4 is 18.0 Å². The molecule has 170 valence electrons. The summed E-state index contributed by atoms with van der Waals surface area (Å²) >= 11 is 0. The van der Waals surface area contributed by atoms with Crippen LogP contribution in [0.2, 0.25) is 0 Å². The number of terminal acetylenes is 1. The third-order valence-corrected chi connectivity index (χ3v) is 5.95. The van der Waals surface area contributed by atoms with Crippen LogP contribution in [0.3, 0.4) is 0 Å². The highest BCUT2D eigenvalue weighted by molar-refractivity contribution is 5.90. The Hall–Kier alpha value is -3.83. The molecule has 8 nitrogen and oxygen atoms in total. The van der Waals surface area contributed by atoms with E-state index < -0.39 is 30.1 Å². The highest BCUT2D eigenvalue weighted by Gasteiger charge is 2.37. The number of ether oxygens (including phenoxy) is 2. The first-order valence-electron chi connectivity index (χ1n) is 10.7. The van der Waals surface area contributed by atoms with E-state index in [1.54, 1.807) is 0 Å². The van der Waals surface area contributed by atoms with Gasteiger partial charge in [0.1, 0.15) is 12.6 Å². The van der Waals surface area contributed by atoms with E-state index in [1.165, 1.54) is 4.90 Å². The largest absolute Gasteiger partial charge is 0.480 e. The number of hydrogen-bond acceptors (Lipinski definition) is 5. The molecule has 0 bridgehead atoms. The van der Waals surface area contributed by atoms with Crippen LogP contribution in [0.5, 0.6) is 0 Å². The summed E-state index contributed by atoms with van der Waals surface area (Å²) in [5, 5.41) is 11.9. The third-order valence-electron chi connectivity index (χ3n) is 5.95. The smallest absolute Gasteiger partial charge is 0.407 e. The molecule has 33 heavy (non-hydrogen) atoms. The van der Waals surface area contributed by atoms with E-state index in [0.29, 0.717) is 0 Å². The van der Waals surface area contributed by atoms with Gasteiger partial charge >= 0.3 is 12.1 Å². The van der Waals surface area contributed by atoms with E-state index in [1.807, 2.05) is 48.5 Å². The number of carboxylic acids is 1. The summed E-state index contributed by atoms with van der Waals surface area (Å²) in [5.74, 6) is 0.490. The molecule has 0 spiro atoms. The number of aliphatic carboxylic acids is 1. The first kappa shape index (κ1) is 22.4. The monoisotopic (exact) mass is 448 g/mol. The van der Waals surface area contributed by atoms with Crippen molar-refractivity contribution in [2.24, 2.45) is 0 Å². The molecule has 2 amide bonds. The number of amides is 2. The molecule has 1 fully saturated rings. The molecule has 0 radical (unpaired) electrons. The van der Waals surface area contributed by atoms with Crippen molar-refractivity contribution in [1.82, 2.24) is 10.2 Å². The number of benzene rings is 2. The maximum absolute atomic E-state index is 13.0. The van der Waals surface area contributed by atoms with Gasteiger partial charge in [0.15, 0.2) is 6.04 Å². The number of morpholine rings is 1. The molecule has 2 unspecified atom stereocenters. The summed E-state index contributed by atoms with van der Waals surface area (Å²) in [4.78, 5) is 38.2. The zero-order chi connectivity index (χ0) is 23.4. The van der Waals surface area contributed by atoms with E-state index >= 15 is 0 Å². The van der Waals surface area contributed by atoms with Gasteiger partial charge < -0.3 is 24.8 Å². The van der Waals surface area contributed by atoms with Crippen molar-refractivity contribution in [2.75, 3.05) is 26.4 Å². The Bertz CT molecular complexity index is 1060. The first-order chi connectivity index (χ1) is 16.0. The topological polar surface area (TPSA) is 105 Å². The van der Waals surface area contributed by atoms with Crippen molar-refractivity contribution in [1.29, 1.82) is 0 Å². The number of carbonyl (C=O) groups is 3. The Kier molecular flexibility index (Phi) is 6.61. The van der Waals surface area contributed by atoms with Gasteiger partial charge in [0, 0.05) is 18.9 Å². The number of alkyl carbamates (subject to hydrolysis) is 1. The van der Waals surface area contributed by atoms with Crippen LogP contribution in [-0.4, -0.2) is 66.4 Å². The van der Waals surface area contributed by atoms with Gasteiger partial charge in [-0.25, -0.2) is 9.59 Å². The predicted octanol–water partition coefficient (Wildman–Crippen LogP) is 2.23. The molecule has 1 saturated heterocycles. The van der Waals surface area contributed by atoms with E-state index in [4.69, 9.17) is 15.9 Å². The van der Waals surface area contributed by atoms with E-state index in [-0.39, 0.29) is 38.7 Å². The van der Waals surface area contributed by atoms with Crippen molar-refractivity contribution in [2.45, 2.75) is 24.4 Å². The van der Waals surface area contributed by atoms with Crippen LogP contribution >= 0.6 is 0 Å². The fourth-order valence-corrected chi connectivity index (χ4v) is 4.37. The zero-order valence-electron chi connectivity index (χ0n) is 17.9. The molecule has 2 aromatic carbocycles. The molecule has 8 heteroatoms. The number of carboxylic acid groups (broad SMARTS) is 1. The van der Waals surface area contributed by atoms with Crippen molar-refractivity contribution in [3.63, 3.8) is 0 Å². The van der Waals surface area contributed by atoms with Gasteiger partial charge in [-0.3, -0.25) is 4.79 Å². The molecule has 2 N–H and O–H groups in total. The highest BCUT2D eigenvalue weighted by Crippen LogP contribution is 2.44. The maximum atomic E-state index is 13.0. The van der Waals surface area contributed by atoms with Crippen LogP contribution in [0.25, 0.3) is 11.1 Å². The molecule has 4 rings (SSSR count). The second kappa shape index (κ2) is 9.76. The van der Waals surface area contributed by atoms with Crippen molar-refractivity contribution < 1.29 is 29.0 Å². The van der Waals surface area contributed by atoms with Gasteiger partial charge in [0.2, 0.25) is 5.91 Å². The minimum atomic E-state index is -1.18. The Morgan fingerprint density at radius 3 is 2.39 bits per heavy atom. The van der Waals surface area contributed by atoms with Gasteiger partial charge in [-0.2, -0.15) is 0 Å². The molecule has 1 aliphatic carbocycles. The van der Waals surface area contributed by atoms with Crippen LogP contribution < -0.4 is 5.32 Å². The van der Waals surface area contributed by atoms with Crippen LogP contribution in [0, 0.1) is 12.3 Å². The van der Waals surface area contributed by atoms with Crippen molar-refractivity contribution in [3.8, 4) is 23.5 Å². The minimum absolute atomic E-state index is 0.0894. The number of fused-ring (bicyclic) bond motifs is 3. The summed E-state index contributed by atoms with van der Waals surface area (Å²) in [6, 6.07) is 13.7. The Morgan fingerprint density at radius 2 is 1.79 bits per heavy atom. The lowest BCUT2D eigenvalue weighted by Crippen LogP contribution is -2.58. The number of carbonyl (C=O) groups excluding carboxylic acids is 2. The molecular weight excluding hydrogens is 424 g/mol. The summed E-state index contributed by atoms with van der Waals surface area (Å²) in [7, 11) is 0. The average molecular weight is 448 g/mol. The fraction of sp³-hybridized carbons (Fsp3) is 0.320. The molecule has 0 aromatic heterocycles. The van der Waals surface area contributed by atoms with Gasteiger partial charge in [-0.05, 0) is 22.3 Å². The summed E-state index contributed by atoms with van der Waals surface area (Å²) in [6.07, 6.45) is 4.52. The normalized spacial score (nSPS) is 17.9. The predicted molar refractivity (Wildman–Crippen MR) is 119 cm³/mol. The lowest BCUT2D eigenvalue weighted by molar-refractivity contribution is -0.159. The molecular formula is C25H24N2O6. The first-order valence-corrected chi connectivity index (χ1v) is 10.7. The Balaban J connectivity index is 1.43. The second-order valence-electron chi connectivity index (χ2n) is 7.89. The van der Waals surface area contributed by atoms with Crippen LogP contribution in [0.15, 0.2) is 48.5 Å². The summed E-state index contributed by atoms with van der Waals surface area (Å²) < 4.78 is 10.7. The van der Waals surface area contributed by atoms with E-state index in [2.05, 4.69) is 11.2 Å². The van der Waals surface area contributed by atoms with Gasteiger partial charge in [-0.15, -0.1) is 12.3 Å². The van der Waals surface area contributed by atoms with Gasteiger partial charge in [-0.1, -0.05) is 48.5 Å². The summed E-state index contributed by atoms with van der Waals surface area (Å²) in [5.41, 5.74) is 4.35. The second-order valence-corrected chi connectivity index (χ2v) is 7.89. The highest BCUT2D eigenvalue weighted by atomic mass is 16.5. The van der Waals surface area contributed by atoms with E-state index in [0.717, 1.165) is 22.3 Å². The average Bonchev–Trinajstić information content (AvgIpc) is 3.15. The molecule has 0 saturated carbocycles. The quantitative estimate of drug-likeness (QED) is 0.657. The Labute approximate surface area is 191 Å². The van der Waals surface area contributed by atoms with Gasteiger partial charge in [0.05, 0.1) is 13.2 Å². The Morgan fingerprint density at radius 1 is 1.15 bits per heavy atom. The number of hydrogen-bond donors (Lipinski definition) is 2. The number of nitrogens with one attached hydrogen (secondary N) is 1. The molecule has 1 aliphatic heterocycles. The zero-order valence-corrected chi connectivity index (χ0v) is 17.9.